The Morgan fingerprint density at radius 3 is 2.82 bits per heavy atom. The molecule has 0 radical (unpaired) electrons. The van der Waals surface area contributed by atoms with Gasteiger partial charge in [0, 0.05) is 4.47 Å². The zero-order valence-corrected chi connectivity index (χ0v) is 11.1. The van der Waals surface area contributed by atoms with E-state index in [4.69, 9.17) is 15.0 Å². The molecule has 0 aliphatic rings. The van der Waals surface area contributed by atoms with Crippen LogP contribution in [0.3, 0.4) is 0 Å². The van der Waals surface area contributed by atoms with Gasteiger partial charge in [-0.2, -0.15) is 4.98 Å². The molecule has 6 heteroatoms. The van der Waals surface area contributed by atoms with Gasteiger partial charge < -0.3 is 15.0 Å². The first-order valence-electron chi connectivity index (χ1n) is 5.05. The molecule has 1 atom stereocenters. The van der Waals surface area contributed by atoms with Gasteiger partial charge in [0.1, 0.15) is 5.75 Å². The van der Waals surface area contributed by atoms with E-state index in [9.17, 15) is 0 Å². The second-order valence-electron chi connectivity index (χ2n) is 3.59. The lowest BCUT2D eigenvalue weighted by molar-refractivity contribution is 0.410. The van der Waals surface area contributed by atoms with E-state index in [1.807, 2.05) is 18.2 Å². The minimum absolute atomic E-state index is 0.253. The molecular formula is C11H12BrN3O2. The van der Waals surface area contributed by atoms with Gasteiger partial charge in [-0.1, -0.05) is 5.16 Å². The van der Waals surface area contributed by atoms with Crippen molar-refractivity contribution >= 4 is 15.9 Å². The monoisotopic (exact) mass is 297 g/mol. The lowest BCUT2D eigenvalue weighted by Crippen LogP contribution is -2.06. The maximum atomic E-state index is 5.68. The molecule has 17 heavy (non-hydrogen) atoms. The molecule has 0 aliphatic carbocycles. The van der Waals surface area contributed by atoms with Gasteiger partial charge in [0.25, 0.3) is 5.89 Å². The fourth-order valence-corrected chi connectivity index (χ4v) is 1.74. The van der Waals surface area contributed by atoms with E-state index >= 15 is 0 Å². The van der Waals surface area contributed by atoms with Crippen molar-refractivity contribution in [1.82, 2.24) is 10.1 Å². The molecule has 2 aromatic rings. The molecule has 2 N–H and O–H groups in total. The molecule has 1 aromatic heterocycles. The Morgan fingerprint density at radius 1 is 1.47 bits per heavy atom. The van der Waals surface area contributed by atoms with E-state index in [1.165, 1.54) is 0 Å². The molecular weight excluding hydrogens is 286 g/mol. The fraction of sp³-hybridized carbons (Fsp3) is 0.273. The molecule has 0 fully saturated rings. The predicted octanol–water partition coefficient (Wildman–Crippen LogP) is 2.53. The second-order valence-corrected chi connectivity index (χ2v) is 4.45. The van der Waals surface area contributed by atoms with E-state index in [2.05, 4.69) is 26.1 Å². The molecule has 0 bridgehead atoms. The van der Waals surface area contributed by atoms with Gasteiger partial charge in [0.2, 0.25) is 0 Å². The summed E-state index contributed by atoms with van der Waals surface area (Å²) in [5, 5.41) is 3.82. The van der Waals surface area contributed by atoms with Gasteiger partial charge >= 0.3 is 0 Å². The Balaban J connectivity index is 2.44. The number of benzene rings is 1. The summed E-state index contributed by atoms with van der Waals surface area (Å²) in [6.07, 6.45) is 0. The number of ether oxygens (including phenoxy) is 1. The summed E-state index contributed by atoms with van der Waals surface area (Å²) in [7, 11) is 1.61. The number of rotatable bonds is 3. The van der Waals surface area contributed by atoms with Gasteiger partial charge in [-0.3, -0.25) is 0 Å². The van der Waals surface area contributed by atoms with Crippen molar-refractivity contribution in [2.45, 2.75) is 13.0 Å². The van der Waals surface area contributed by atoms with Crippen molar-refractivity contribution in [3.63, 3.8) is 0 Å². The minimum atomic E-state index is -0.253. The highest BCUT2D eigenvalue weighted by molar-refractivity contribution is 9.10. The number of hydrogen-bond donors (Lipinski definition) is 1. The van der Waals surface area contributed by atoms with Crippen LogP contribution in [0.1, 0.15) is 18.8 Å². The van der Waals surface area contributed by atoms with Crippen LogP contribution in [-0.4, -0.2) is 17.3 Å². The zero-order chi connectivity index (χ0) is 12.4. The van der Waals surface area contributed by atoms with Crippen LogP contribution in [0.25, 0.3) is 11.5 Å². The lowest BCUT2D eigenvalue weighted by Gasteiger charge is -2.03. The molecule has 90 valence electrons. The smallest absolute Gasteiger partial charge is 0.259 e. The number of halogens is 1. The summed E-state index contributed by atoms with van der Waals surface area (Å²) in [5.41, 5.74) is 6.46. The molecule has 1 unspecified atom stereocenters. The van der Waals surface area contributed by atoms with Crippen LogP contribution in [0.2, 0.25) is 0 Å². The zero-order valence-electron chi connectivity index (χ0n) is 9.48. The standard InChI is InChI=1S/C11H12BrN3O2/c1-6(13)10-14-11(17-15-10)8-5-7(16-2)3-4-9(8)12/h3-6H,13H2,1-2H3. The minimum Gasteiger partial charge on any atom is -0.497 e. The van der Waals surface area contributed by atoms with Crippen molar-refractivity contribution in [3.05, 3.63) is 28.5 Å². The highest BCUT2D eigenvalue weighted by atomic mass is 79.9. The average Bonchev–Trinajstić information content (AvgIpc) is 2.79. The second kappa shape index (κ2) is 4.85. The molecule has 0 saturated carbocycles. The Kier molecular flexibility index (Phi) is 3.44. The summed E-state index contributed by atoms with van der Waals surface area (Å²) in [6.45, 7) is 1.80. The summed E-state index contributed by atoms with van der Waals surface area (Å²) in [6, 6.07) is 5.28. The number of nitrogens with two attached hydrogens (primary N) is 1. The van der Waals surface area contributed by atoms with Crippen molar-refractivity contribution in [2.75, 3.05) is 7.11 Å². The molecule has 1 heterocycles. The van der Waals surface area contributed by atoms with Crippen molar-refractivity contribution in [2.24, 2.45) is 5.73 Å². The molecule has 1 aromatic carbocycles. The van der Waals surface area contributed by atoms with Gasteiger partial charge in [0.15, 0.2) is 5.82 Å². The average molecular weight is 298 g/mol. The van der Waals surface area contributed by atoms with Crippen LogP contribution >= 0.6 is 15.9 Å². The first-order valence-corrected chi connectivity index (χ1v) is 5.84. The maximum Gasteiger partial charge on any atom is 0.259 e. The molecule has 0 amide bonds. The van der Waals surface area contributed by atoms with E-state index in [-0.39, 0.29) is 6.04 Å². The molecule has 0 spiro atoms. The third-order valence-corrected chi connectivity index (χ3v) is 2.94. The van der Waals surface area contributed by atoms with Gasteiger partial charge in [-0.05, 0) is 41.1 Å². The fourth-order valence-electron chi connectivity index (χ4n) is 1.32. The van der Waals surface area contributed by atoms with Crippen LogP contribution < -0.4 is 10.5 Å². The highest BCUT2D eigenvalue weighted by Crippen LogP contribution is 2.30. The Hall–Kier alpha value is -1.40. The number of nitrogens with zero attached hydrogens (tertiary/aromatic N) is 2. The first kappa shape index (κ1) is 12.1. The Bertz CT molecular complexity index is 525. The van der Waals surface area contributed by atoms with Gasteiger partial charge in [-0.15, -0.1) is 0 Å². The van der Waals surface area contributed by atoms with Crippen molar-refractivity contribution in [1.29, 1.82) is 0 Å². The first-order chi connectivity index (χ1) is 8.11. The lowest BCUT2D eigenvalue weighted by atomic mass is 10.2. The van der Waals surface area contributed by atoms with Crippen LogP contribution in [-0.2, 0) is 0 Å². The third-order valence-electron chi connectivity index (χ3n) is 2.25. The number of aromatic nitrogens is 2. The Morgan fingerprint density at radius 2 is 2.24 bits per heavy atom. The summed E-state index contributed by atoms with van der Waals surface area (Å²) >= 11 is 3.43. The third kappa shape index (κ3) is 2.48. The van der Waals surface area contributed by atoms with Crippen molar-refractivity contribution in [3.8, 4) is 17.2 Å². The van der Waals surface area contributed by atoms with Gasteiger partial charge in [0.05, 0.1) is 18.7 Å². The maximum absolute atomic E-state index is 5.68. The predicted molar refractivity (Wildman–Crippen MR) is 66.6 cm³/mol. The largest absolute Gasteiger partial charge is 0.497 e. The van der Waals surface area contributed by atoms with Crippen molar-refractivity contribution < 1.29 is 9.26 Å². The molecule has 2 rings (SSSR count). The van der Waals surface area contributed by atoms with E-state index in [1.54, 1.807) is 14.0 Å². The topological polar surface area (TPSA) is 74.2 Å². The summed E-state index contributed by atoms with van der Waals surface area (Å²) < 4.78 is 11.2. The van der Waals surface area contributed by atoms with Crippen LogP contribution in [0, 0.1) is 0 Å². The normalized spacial score (nSPS) is 12.5. The molecule has 0 saturated heterocycles. The molecule has 5 nitrogen and oxygen atoms in total. The van der Waals surface area contributed by atoms with Crippen LogP contribution in [0.4, 0.5) is 0 Å². The summed E-state index contributed by atoms with van der Waals surface area (Å²) in [5.74, 6) is 1.63. The Labute approximate surface area is 107 Å². The quantitative estimate of drug-likeness (QED) is 0.942. The van der Waals surface area contributed by atoms with E-state index < -0.39 is 0 Å². The van der Waals surface area contributed by atoms with Crippen LogP contribution in [0.5, 0.6) is 5.75 Å². The number of methoxy groups -OCH3 is 1. The van der Waals surface area contributed by atoms with E-state index in [0.29, 0.717) is 11.7 Å². The SMILES string of the molecule is COc1ccc(Br)c(-c2nc(C(C)N)no2)c1. The summed E-state index contributed by atoms with van der Waals surface area (Å²) in [4.78, 5) is 4.23. The van der Waals surface area contributed by atoms with Gasteiger partial charge in [-0.25, -0.2) is 0 Å². The number of hydrogen-bond acceptors (Lipinski definition) is 5. The highest BCUT2D eigenvalue weighted by Gasteiger charge is 2.14. The van der Waals surface area contributed by atoms with E-state index in [0.717, 1.165) is 15.8 Å². The van der Waals surface area contributed by atoms with Crippen LogP contribution in [0.15, 0.2) is 27.2 Å². The molecule has 0 aliphatic heterocycles.